The van der Waals surface area contributed by atoms with Crippen molar-refractivity contribution in [2.75, 3.05) is 0 Å². The maximum absolute atomic E-state index is 13.1. The minimum absolute atomic E-state index is 0.107. The summed E-state index contributed by atoms with van der Waals surface area (Å²) in [6.07, 6.45) is 0. The summed E-state index contributed by atoms with van der Waals surface area (Å²) in [7, 11) is 0. The van der Waals surface area contributed by atoms with Gasteiger partial charge in [-0.05, 0) is 40.2 Å². The van der Waals surface area contributed by atoms with Gasteiger partial charge in [-0.1, -0.05) is 6.07 Å². The molecule has 0 aliphatic heterocycles. The van der Waals surface area contributed by atoms with Gasteiger partial charge in [0.25, 0.3) is 0 Å². The highest BCUT2D eigenvalue weighted by atomic mass is 79.9. The van der Waals surface area contributed by atoms with E-state index in [0.29, 0.717) is 10.0 Å². The average molecular weight is 343 g/mol. The number of carboxylic acid groups (broad SMARTS) is 1. The van der Waals surface area contributed by atoms with E-state index in [2.05, 4.69) is 15.9 Å². The summed E-state index contributed by atoms with van der Waals surface area (Å²) in [5, 5.41) is 8.99. The van der Waals surface area contributed by atoms with E-state index in [0.717, 1.165) is 12.1 Å². The van der Waals surface area contributed by atoms with Crippen LogP contribution in [-0.4, -0.2) is 11.1 Å². The molecule has 0 radical (unpaired) electrons. The third-order valence-electron chi connectivity index (χ3n) is 2.58. The number of carbonyl (C=O) groups is 1. The largest absolute Gasteiger partial charge is 0.488 e. The van der Waals surface area contributed by atoms with E-state index in [-0.39, 0.29) is 17.9 Å². The van der Waals surface area contributed by atoms with Crippen molar-refractivity contribution in [3.63, 3.8) is 0 Å². The molecule has 2 aromatic carbocycles. The first-order valence-electron chi connectivity index (χ1n) is 5.57. The van der Waals surface area contributed by atoms with Gasteiger partial charge in [-0.2, -0.15) is 0 Å². The van der Waals surface area contributed by atoms with Crippen molar-refractivity contribution in [1.29, 1.82) is 0 Å². The second-order valence-electron chi connectivity index (χ2n) is 3.97. The maximum atomic E-state index is 13.1. The van der Waals surface area contributed by atoms with Crippen LogP contribution in [0.1, 0.15) is 15.9 Å². The monoisotopic (exact) mass is 342 g/mol. The Bertz CT molecular complexity index is 659. The Kier molecular flexibility index (Phi) is 4.34. The zero-order valence-electron chi connectivity index (χ0n) is 10.1. The smallest absolute Gasteiger partial charge is 0.336 e. The molecule has 0 atom stereocenters. The molecular formula is C14H9BrF2O3. The fourth-order valence-electron chi connectivity index (χ4n) is 1.62. The number of halogens is 3. The van der Waals surface area contributed by atoms with Gasteiger partial charge in [0.15, 0.2) is 0 Å². The van der Waals surface area contributed by atoms with Crippen LogP contribution in [0.15, 0.2) is 40.9 Å². The molecule has 104 valence electrons. The van der Waals surface area contributed by atoms with Gasteiger partial charge in [0.05, 0.1) is 10.0 Å². The summed E-state index contributed by atoms with van der Waals surface area (Å²) in [6, 6.07) is 7.30. The fraction of sp³-hybridized carbons (Fsp3) is 0.0714. The quantitative estimate of drug-likeness (QED) is 0.913. The van der Waals surface area contributed by atoms with Gasteiger partial charge in [0, 0.05) is 11.6 Å². The maximum Gasteiger partial charge on any atom is 0.336 e. The lowest BCUT2D eigenvalue weighted by Gasteiger charge is -2.10. The van der Waals surface area contributed by atoms with Crippen molar-refractivity contribution in [3.8, 4) is 5.75 Å². The van der Waals surface area contributed by atoms with Gasteiger partial charge < -0.3 is 9.84 Å². The molecule has 0 bridgehead atoms. The van der Waals surface area contributed by atoms with Crippen molar-refractivity contribution in [2.24, 2.45) is 0 Å². The van der Waals surface area contributed by atoms with Gasteiger partial charge >= 0.3 is 5.97 Å². The number of carboxylic acids is 1. The van der Waals surface area contributed by atoms with Crippen LogP contribution in [0.4, 0.5) is 8.78 Å². The molecule has 6 heteroatoms. The van der Waals surface area contributed by atoms with Crippen molar-refractivity contribution < 1.29 is 23.4 Å². The van der Waals surface area contributed by atoms with Crippen molar-refractivity contribution in [3.05, 3.63) is 63.6 Å². The Balaban J connectivity index is 2.23. The van der Waals surface area contributed by atoms with Crippen LogP contribution in [0.3, 0.4) is 0 Å². The van der Waals surface area contributed by atoms with E-state index in [9.17, 15) is 13.6 Å². The van der Waals surface area contributed by atoms with E-state index < -0.39 is 17.6 Å². The first kappa shape index (κ1) is 14.5. The fourth-order valence-corrected chi connectivity index (χ4v) is 1.98. The van der Waals surface area contributed by atoms with Crippen molar-refractivity contribution in [1.82, 2.24) is 0 Å². The topological polar surface area (TPSA) is 46.5 Å². The predicted octanol–water partition coefficient (Wildman–Crippen LogP) is 4.00. The third-order valence-corrected chi connectivity index (χ3v) is 3.23. The van der Waals surface area contributed by atoms with Crippen LogP contribution in [0.25, 0.3) is 0 Å². The lowest BCUT2D eigenvalue weighted by molar-refractivity contribution is 0.0693. The molecule has 1 N–H and O–H groups in total. The minimum atomic E-state index is -1.25. The zero-order chi connectivity index (χ0) is 14.7. The lowest BCUT2D eigenvalue weighted by atomic mass is 10.1. The van der Waals surface area contributed by atoms with E-state index >= 15 is 0 Å². The molecule has 0 saturated carbocycles. The highest BCUT2D eigenvalue weighted by Crippen LogP contribution is 2.26. The molecule has 0 heterocycles. The minimum Gasteiger partial charge on any atom is -0.488 e. The summed E-state index contributed by atoms with van der Waals surface area (Å²) in [6.45, 7) is -0.107. The highest BCUT2D eigenvalue weighted by Gasteiger charge is 2.12. The molecule has 0 saturated heterocycles. The number of aromatic carboxylic acids is 1. The number of hydrogen-bond acceptors (Lipinski definition) is 2. The summed E-state index contributed by atoms with van der Waals surface area (Å²) in [5.41, 5.74) is 0.118. The molecule has 3 nitrogen and oxygen atoms in total. The molecule has 0 aliphatic carbocycles. The van der Waals surface area contributed by atoms with Gasteiger partial charge in [-0.25, -0.2) is 13.6 Å². The number of rotatable bonds is 4. The van der Waals surface area contributed by atoms with Crippen LogP contribution >= 0.6 is 15.9 Å². The Morgan fingerprint density at radius 2 is 1.80 bits per heavy atom. The second-order valence-corrected chi connectivity index (χ2v) is 4.82. The Morgan fingerprint density at radius 3 is 2.50 bits per heavy atom. The molecule has 2 rings (SSSR count). The highest BCUT2D eigenvalue weighted by molar-refractivity contribution is 9.10. The number of hydrogen-bond donors (Lipinski definition) is 1. The van der Waals surface area contributed by atoms with Crippen LogP contribution < -0.4 is 4.74 Å². The molecule has 0 spiro atoms. The van der Waals surface area contributed by atoms with Gasteiger partial charge in [0.2, 0.25) is 0 Å². The zero-order valence-corrected chi connectivity index (χ0v) is 11.7. The summed E-state index contributed by atoms with van der Waals surface area (Å²) in [4.78, 5) is 11.0. The average Bonchev–Trinajstić information content (AvgIpc) is 2.40. The molecule has 2 aromatic rings. The normalized spacial score (nSPS) is 10.3. The standard InChI is InChI=1S/C14H9BrF2O3/c15-12-4-3-10(17)6-13(12)20-7-8-1-2-9(16)5-11(8)14(18)19/h1-6H,7H2,(H,18,19). The van der Waals surface area contributed by atoms with Crippen LogP contribution in [0.2, 0.25) is 0 Å². The van der Waals surface area contributed by atoms with E-state index in [1.165, 1.54) is 24.3 Å². The van der Waals surface area contributed by atoms with Gasteiger partial charge in [-0.3, -0.25) is 0 Å². The predicted molar refractivity (Wildman–Crippen MR) is 71.8 cm³/mol. The first-order valence-corrected chi connectivity index (χ1v) is 6.36. The van der Waals surface area contributed by atoms with Gasteiger partial charge in [0.1, 0.15) is 24.0 Å². The number of benzene rings is 2. The Morgan fingerprint density at radius 1 is 1.15 bits per heavy atom. The summed E-state index contributed by atoms with van der Waals surface area (Å²) < 4.78 is 32.0. The summed E-state index contributed by atoms with van der Waals surface area (Å²) >= 11 is 3.20. The van der Waals surface area contributed by atoms with Crippen LogP contribution in [-0.2, 0) is 6.61 Å². The van der Waals surface area contributed by atoms with Crippen molar-refractivity contribution >= 4 is 21.9 Å². The Labute approximate surface area is 121 Å². The van der Waals surface area contributed by atoms with Crippen LogP contribution in [0.5, 0.6) is 5.75 Å². The molecular weight excluding hydrogens is 334 g/mol. The third kappa shape index (κ3) is 3.33. The van der Waals surface area contributed by atoms with Gasteiger partial charge in [-0.15, -0.1) is 0 Å². The van der Waals surface area contributed by atoms with Crippen molar-refractivity contribution in [2.45, 2.75) is 6.61 Å². The molecule has 0 aromatic heterocycles. The molecule has 0 amide bonds. The lowest BCUT2D eigenvalue weighted by Crippen LogP contribution is -2.06. The Hall–Kier alpha value is -1.95. The molecule has 20 heavy (non-hydrogen) atoms. The first-order chi connectivity index (χ1) is 9.47. The van der Waals surface area contributed by atoms with Crippen LogP contribution in [0, 0.1) is 11.6 Å². The summed E-state index contributed by atoms with van der Waals surface area (Å²) in [5.74, 6) is -2.12. The molecule has 0 aliphatic rings. The SMILES string of the molecule is O=C(O)c1cc(F)ccc1COc1cc(F)ccc1Br. The molecule has 0 fully saturated rings. The number of ether oxygens (including phenoxy) is 1. The second kappa shape index (κ2) is 6.00. The van der Waals surface area contributed by atoms with E-state index in [1.807, 2.05) is 0 Å². The van der Waals surface area contributed by atoms with E-state index in [4.69, 9.17) is 9.84 Å². The van der Waals surface area contributed by atoms with E-state index in [1.54, 1.807) is 0 Å². The molecule has 0 unspecified atom stereocenters.